The summed E-state index contributed by atoms with van der Waals surface area (Å²) < 4.78 is 5.34. The van der Waals surface area contributed by atoms with Crippen LogP contribution in [-0.2, 0) is 6.42 Å². The van der Waals surface area contributed by atoms with Crippen molar-refractivity contribution in [3.05, 3.63) is 76.9 Å². The van der Waals surface area contributed by atoms with E-state index in [-0.39, 0.29) is 5.56 Å². The molecule has 0 aliphatic heterocycles. The molecule has 3 N–H and O–H groups in total. The summed E-state index contributed by atoms with van der Waals surface area (Å²) in [6.45, 7) is 0. The maximum Gasteiger partial charge on any atom is 0.335 e. The molecule has 0 bridgehead atoms. The van der Waals surface area contributed by atoms with Crippen LogP contribution in [0.5, 0.6) is 5.75 Å². The van der Waals surface area contributed by atoms with Gasteiger partial charge in [-0.15, -0.1) is 0 Å². The molecule has 0 unspecified atom stereocenters. The highest BCUT2D eigenvalue weighted by molar-refractivity contribution is 5.98. The number of primary amides is 1. The first kappa shape index (κ1) is 16.5. The average molecular weight is 335 g/mol. The minimum Gasteiger partial charge on any atom is -0.496 e. The van der Waals surface area contributed by atoms with Crippen molar-refractivity contribution in [1.29, 1.82) is 0 Å². The molecular formula is C20H17NO4. The zero-order valence-corrected chi connectivity index (χ0v) is 13.7. The van der Waals surface area contributed by atoms with Gasteiger partial charge in [0.1, 0.15) is 5.75 Å². The molecular weight excluding hydrogens is 318 g/mol. The number of hydrogen-bond donors (Lipinski definition) is 2. The van der Waals surface area contributed by atoms with E-state index in [1.807, 2.05) is 24.3 Å². The Balaban J connectivity index is 2.07. The minimum absolute atomic E-state index is 0.175. The van der Waals surface area contributed by atoms with Gasteiger partial charge < -0.3 is 15.6 Å². The van der Waals surface area contributed by atoms with Crippen molar-refractivity contribution in [3.8, 4) is 5.75 Å². The number of amides is 1. The third-order valence-corrected chi connectivity index (χ3v) is 4.17. The fraction of sp³-hybridized carbons (Fsp3) is 0.100. The van der Waals surface area contributed by atoms with E-state index in [1.54, 1.807) is 24.3 Å². The zero-order valence-electron chi connectivity index (χ0n) is 13.7. The van der Waals surface area contributed by atoms with Crippen LogP contribution in [0.25, 0.3) is 10.8 Å². The van der Waals surface area contributed by atoms with Crippen molar-refractivity contribution in [2.24, 2.45) is 5.73 Å². The number of carboxylic acid groups (broad SMARTS) is 1. The number of fused-ring (bicyclic) bond motifs is 1. The SMILES string of the molecule is COc1cc(C(=O)O)ccc1Cc1cccc2ccc(C(N)=O)cc12. The lowest BCUT2D eigenvalue weighted by atomic mass is 9.96. The maximum atomic E-state index is 11.5. The number of carbonyl (C=O) groups is 2. The van der Waals surface area contributed by atoms with Crippen molar-refractivity contribution in [2.75, 3.05) is 7.11 Å². The molecule has 5 nitrogen and oxygen atoms in total. The third-order valence-electron chi connectivity index (χ3n) is 4.17. The van der Waals surface area contributed by atoms with E-state index < -0.39 is 11.9 Å². The lowest BCUT2D eigenvalue weighted by Gasteiger charge is -2.12. The fourth-order valence-electron chi connectivity index (χ4n) is 2.87. The van der Waals surface area contributed by atoms with Gasteiger partial charge in [-0.05, 0) is 46.2 Å². The van der Waals surface area contributed by atoms with Gasteiger partial charge >= 0.3 is 5.97 Å². The van der Waals surface area contributed by atoms with Crippen LogP contribution in [0.15, 0.2) is 54.6 Å². The number of methoxy groups -OCH3 is 1. The van der Waals surface area contributed by atoms with Crippen LogP contribution >= 0.6 is 0 Å². The quantitative estimate of drug-likeness (QED) is 0.749. The van der Waals surface area contributed by atoms with Gasteiger partial charge in [-0.25, -0.2) is 4.79 Å². The number of carbonyl (C=O) groups excluding carboxylic acids is 1. The van der Waals surface area contributed by atoms with Gasteiger partial charge in [0.05, 0.1) is 12.7 Å². The number of hydrogen-bond acceptors (Lipinski definition) is 3. The molecule has 0 fully saturated rings. The summed E-state index contributed by atoms with van der Waals surface area (Å²) in [7, 11) is 1.51. The van der Waals surface area contributed by atoms with Crippen LogP contribution in [0.2, 0.25) is 0 Å². The number of nitrogens with two attached hydrogens (primary N) is 1. The molecule has 0 radical (unpaired) electrons. The van der Waals surface area contributed by atoms with Gasteiger partial charge in [-0.1, -0.05) is 30.3 Å². The van der Waals surface area contributed by atoms with Crippen molar-refractivity contribution in [2.45, 2.75) is 6.42 Å². The van der Waals surface area contributed by atoms with Gasteiger partial charge in [0.15, 0.2) is 0 Å². The molecule has 3 aromatic carbocycles. The van der Waals surface area contributed by atoms with E-state index in [4.69, 9.17) is 15.6 Å². The van der Waals surface area contributed by atoms with Gasteiger partial charge in [-0.2, -0.15) is 0 Å². The summed E-state index contributed by atoms with van der Waals surface area (Å²) in [5.74, 6) is -0.954. The van der Waals surface area contributed by atoms with Crippen molar-refractivity contribution >= 4 is 22.6 Å². The van der Waals surface area contributed by atoms with Crippen LogP contribution in [0, 0.1) is 0 Å². The number of rotatable bonds is 5. The van der Waals surface area contributed by atoms with E-state index >= 15 is 0 Å². The predicted octanol–water partition coefficient (Wildman–Crippen LogP) is 3.24. The number of benzene rings is 3. The standard InChI is InChI=1S/C20H17NO4/c1-25-18-11-16(20(23)24)8-6-14(18)9-13-4-2-3-12-5-7-15(19(21)22)10-17(12)13/h2-8,10-11H,9H2,1H3,(H2,21,22)(H,23,24). The van der Waals surface area contributed by atoms with E-state index in [9.17, 15) is 9.59 Å². The highest BCUT2D eigenvalue weighted by atomic mass is 16.5. The molecule has 126 valence electrons. The fourth-order valence-corrected chi connectivity index (χ4v) is 2.87. The Morgan fingerprint density at radius 2 is 1.76 bits per heavy atom. The van der Waals surface area contributed by atoms with E-state index in [0.717, 1.165) is 21.9 Å². The lowest BCUT2D eigenvalue weighted by molar-refractivity contribution is 0.0696. The number of ether oxygens (including phenoxy) is 1. The molecule has 0 saturated carbocycles. The smallest absolute Gasteiger partial charge is 0.335 e. The summed E-state index contributed by atoms with van der Waals surface area (Å²) in [6, 6.07) is 16.0. The van der Waals surface area contributed by atoms with E-state index in [2.05, 4.69) is 0 Å². The Bertz CT molecular complexity index is 979. The summed E-state index contributed by atoms with van der Waals surface area (Å²) >= 11 is 0. The van der Waals surface area contributed by atoms with Gasteiger partial charge in [0.25, 0.3) is 0 Å². The highest BCUT2D eigenvalue weighted by Crippen LogP contribution is 2.27. The molecule has 3 rings (SSSR count). The molecule has 0 saturated heterocycles. The van der Waals surface area contributed by atoms with E-state index in [1.165, 1.54) is 13.2 Å². The third kappa shape index (κ3) is 3.30. The first-order valence-electron chi connectivity index (χ1n) is 7.71. The van der Waals surface area contributed by atoms with Crippen LogP contribution in [0.3, 0.4) is 0 Å². The Morgan fingerprint density at radius 1 is 1.00 bits per heavy atom. The normalized spacial score (nSPS) is 10.6. The topological polar surface area (TPSA) is 89.6 Å². The molecule has 0 aliphatic carbocycles. The summed E-state index contributed by atoms with van der Waals surface area (Å²) in [5, 5.41) is 11.0. The van der Waals surface area contributed by atoms with Gasteiger partial charge in [0.2, 0.25) is 5.91 Å². The molecule has 0 aliphatic rings. The van der Waals surface area contributed by atoms with Crippen LogP contribution in [-0.4, -0.2) is 24.1 Å². The van der Waals surface area contributed by atoms with E-state index in [0.29, 0.717) is 17.7 Å². The molecule has 1 amide bonds. The van der Waals surface area contributed by atoms with Crippen LogP contribution in [0.4, 0.5) is 0 Å². The summed E-state index contributed by atoms with van der Waals surface area (Å²) in [5.41, 5.74) is 7.88. The second kappa shape index (κ2) is 6.65. The zero-order chi connectivity index (χ0) is 18.0. The molecule has 5 heteroatoms. The maximum absolute atomic E-state index is 11.5. The van der Waals surface area contributed by atoms with Crippen molar-refractivity contribution < 1.29 is 19.4 Å². The predicted molar refractivity (Wildman–Crippen MR) is 95.2 cm³/mol. The van der Waals surface area contributed by atoms with Crippen molar-refractivity contribution in [1.82, 2.24) is 0 Å². The number of aromatic carboxylic acids is 1. The molecule has 0 spiro atoms. The Kier molecular flexibility index (Phi) is 4.39. The monoisotopic (exact) mass is 335 g/mol. The first-order valence-corrected chi connectivity index (χ1v) is 7.71. The molecule has 25 heavy (non-hydrogen) atoms. The van der Waals surface area contributed by atoms with Gasteiger partial charge in [-0.3, -0.25) is 4.79 Å². The van der Waals surface area contributed by atoms with Crippen LogP contribution in [0.1, 0.15) is 31.8 Å². The second-order valence-corrected chi connectivity index (χ2v) is 5.73. The Morgan fingerprint density at radius 3 is 2.44 bits per heavy atom. The first-order chi connectivity index (χ1) is 12.0. The van der Waals surface area contributed by atoms with Gasteiger partial charge in [0, 0.05) is 12.0 Å². The Hall–Kier alpha value is -3.34. The Labute approximate surface area is 144 Å². The lowest BCUT2D eigenvalue weighted by Crippen LogP contribution is -2.10. The van der Waals surface area contributed by atoms with Crippen LogP contribution < -0.4 is 10.5 Å². The summed E-state index contributed by atoms with van der Waals surface area (Å²) in [4.78, 5) is 22.6. The number of carboxylic acids is 1. The summed E-state index contributed by atoms with van der Waals surface area (Å²) in [6.07, 6.45) is 0.544. The minimum atomic E-state index is -0.999. The largest absolute Gasteiger partial charge is 0.496 e. The molecule has 0 atom stereocenters. The van der Waals surface area contributed by atoms with Crippen molar-refractivity contribution in [3.63, 3.8) is 0 Å². The average Bonchev–Trinajstić information content (AvgIpc) is 2.61. The highest BCUT2D eigenvalue weighted by Gasteiger charge is 2.12. The molecule has 0 aromatic heterocycles. The molecule has 0 heterocycles. The second-order valence-electron chi connectivity index (χ2n) is 5.73. The molecule has 3 aromatic rings.